The summed E-state index contributed by atoms with van der Waals surface area (Å²) in [7, 11) is 0. The Morgan fingerprint density at radius 3 is 2.68 bits per heavy atom. The van der Waals surface area contributed by atoms with E-state index in [2.05, 4.69) is 38.2 Å². The van der Waals surface area contributed by atoms with Gasteiger partial charge in [-0.1, -0.05) is 29.5 Å². The highest BCUT2D eigenvalue weighted by atomic mass is 32.1. The summed E-state index contributed by atoms with van der Waals surface area (Å²) in [5.41, 5.74) is 2.82. The number of nitrogens with zero attached hydrogens (tertiary/aromatic N) is 4. The van der Waals surface area contributed by atoms with Crippen LogP contribution in [0.15, 0.2) is 29.8 Å². The lowest BCUT2D eigenvalue weighted by Crippen LogP contribution is -2.56. The zero-order chi connectivity index (χ0) is 21.5. The molecule has 1 N–H and O–H groups in total. The van der Waals surface area contributed by atoms with Crippen molar-refractivity contribution in [3.8, 4) is 5.75 Å². The predicted molar refractivity (Wildman–Crippen MR) is 124 cm³/mol. The Labute approximate surface area is 189 Å². The molecular formula is C24H34N4O2S. The number of benzene rings is 1. The zero-order valence-electron chi connectivity index (χ0n) is 18.7. The van der Waals surface area contributed by atoms with Crippen LogP contribution in [0.2, 0.25) is 0 Å². The first-order valence-electron chi connectivity index (χ1n) is 11.6. The van der Waals surface area contributed by atoms with Crippen molar-refractivity contribution in [2.45, 2.75) is 63.5 Å². The molecule has 1 aromatic carbocycles. The Bertz CT molecular complexity index is 868. The quantitative estimate of drug-likeness (QED) is 0.732. The van der Waals surface area contributed by atoms with Crippen LogP contribution in [0.25, 0.3) is 0 Å². The lowest BCUT2D eigenvalue weighted by molar-refractivity contribution is 0.0278. The number of para-hydroxylation sites is 1. The van der Waals surface area contributed by atoms with E-state index in [0.717, 1.165) is 30.0 Å². The van der Waals surface area contributed by atoms with Crippen molar-refractivity contribution >= 4 is 16.5 Å². The Morgan fingerprint density at radius 2 is 1.97 bits per heavy atom. The first-order chi connectivity index (χ1) is 14.9. The van der Waals surface area contributed by atoms with Crippen molar-refractivity contribution < 1.29 is 9.84 Å². The minimum atomic E-state index is -0.817. The molecule has 2 aliphatic heterocycles. The van der Waals surface area contributed by atoms with Crippen molar-refractivity contribution in [3.05, 3.63) is 35.3 Å². The lowest BCUT2D eigenvalue weighted by atomic mass is 9.78. The largest absolute Gasteiger partial charge is 0.490 e. The average molecular weight is 443 g/mol. The van der Waals surface area contributed by atoms with Crippen LogP contribution in [0.4, 0.5) is 5.13 Å². The summed E-state index contributed by atoms with van der Waals surface area (Å²) < 4.78 is 5.99. The fourth-order valence-electron chi connectivity index (χ4n) is 5.76. The van der Waals surface area contributed by atoms with Gasteiger partial charge in [0.25, 0.3) is 0 Å². The lowest BCUT2D eigenvalue weighted by Gasteiger charge is -2.48. The van der Waals surface area contributed by atoms with E-state index in [1.54, 1.807) is 25.2 Å². The number of anilines is 1. The van der Waals surface area contributed by atoms with Crippen LogP contribution in [-0.2, 0) is 0 Å². The summed E-state index contributed by atoms with van der Waals surface area (Å²) in [5.74, 6) is 1.48. The van der Waals surface area contributed by atoms with Gasteiger partial charge >= 0.3 is 0 Å². The fraction of sp³-hybridized carbons (Fsp3) is 0.667. The fourth-order valence-corrected chi connectivity index (χ4v) is 6.32. The van der Waals surface area contributed by atoms with Gasteiger partial charge in [-0.15, -0.1) is 10.2 Å². The second-order valence-corrected chi connectivity index (χ2v) is 11.2. The van der Waals surface area contributed by atoms with Crippen LogP contribution in [0, 0.1) is 5.41 Å². The summed E-state index contributed by atoms with van der Waals surface area (Å²) in [6.07, 6.45) is 6.38. The van der Waals surface area contributed by atoms with Crippen molar-refractivity contribution in [1.29, 1.82) is 0 Å². The molecule has 1 aromatic heterocycles. The Hall–Kier alpha value is -1.70. The molecule has 168 valence electrons. The number of piperidine rings is 1. The molecule has 1 unspecified atom stereocenters. The molecule has 1 atom stereocenters. The van der Waals surface area contributed by atoms with Crippen molar-refractivity contribution in [3.63, 3.8) is 0 Å². The maximum Gasteiger partial charge on any atom is 0.208 e. The van der Waals surface area contributed by atoms with E-state index in [0.29, 0.717) is 17.9 Å². The van der Waals surface area contributed by atoms with Gasteiger partial charge in [0.1, 0.15) is 17.9 Å². The van der Waals surface area contributed by atoms with E-state index >= 15 is 0 Å². The molecule has 3 heterocycles. The summed E-state index contributed by atoms with van der Waals surface area (Å²) in [5, 5.41) is 19.3. The average Bonchev–Trinajstić information content (AvgIpc) is 3.41. The van der Waals surface area contributed by atoms with Crippen LogP contribution in [-0.4, -0.2) is 64.6 Å². The maximum atomic E-state index is 10.0. The Morgan fingerprint density at radius 1 is 1.19 bits per heavy atom. The number of hydrogen-bond acceptors (Lipinski definition) is 7. The molecular weight excluding hydrogens is 408 g/mol. The first-order valence-corrected chi connectivity index (χ1v) is 12.5. The Kier molecular flexibility index (Phi) is 5.69. The molecule has 2 saturated heterocycles. The van der Waals surface area contributed by atoms with E-state index in [-0.39, 0.29) is 0 Å². The molecule has 0 bridgehead atoms. The predicted octanol–water partition coefficient (Wildman–Crippen LogP) is 3.93. The normalized spacial score (nSPS) is 24.5. The third-order valence-electron chi connectivity index (χ3n) is 7.33. The van der Waals surface area contributed by atoms with E-state index < -0.39 is 5.60 Å². The van der Waals surface area contributed by atoms with E-state index in [9.17, 15) is 5.11 Å². The summed E-state index contributed by atoms with van der Waals surface area (Å²) in [6, 6.07) is 9.13. The van der Waals surface area contributed by atoms with Gasteiger partial charge < -0.3 is 19.6 Å². The van der Waals surface area contributed by atoms with E-state index in [1.165, 1.54) is 50.8 Å². The molecule has 5 rings (SSSR count). The smallest absolute Gasteiger partial charge is 0.208 e. The van der Waals surface area contributed by atoms with Crippen molar-refractivity contribution in [2.75, 3.05) is 37.7 Å². The van der Waals surface area contributed by atoms with Gasteiger partial charge in [-0.05, 0) is 76.6 Å². The van der Waals surface area contributed by atoms with Gasteiger partial charge in [-0.3, -0.25) is 0 Å². The van der Waals surface area contributed by atoms with Gasteiger partial charge in [-0.2, -0.15) is 0 Å². The maximum absolute atomic E-state index is 10.0. The number of ether oxygens (including phenoxy) is 1. The topological polar surface area (TPSA) is 61.7 Å². The molecule has 1 spiro atoms. The molecule has 1 saturated carbocycles. The molecule has 7 heteroatoms. The standard InChI is InChI=1S/C24H34N4O2S/c1-23(2,29)16-30-21-6-4-3-5-20(21)18-8-11-27(12-9-18)19-7-10-24(13-19)14-28(15-24)22-26-25-17-31-22/h3-6,17-19,29H,7-16H2,1-2H3. The molecule has 3 aliphatic rings. The molecule has 0 amide bonds. The number of likely N-dealkylation sites (tertiary alicyclic amines) is 1. The molecule has 6 nitrogen and oxygen atoms in total. The van der Waals surface area contributed by atoms with Crippen molar-refractivity contribution in [2.24, 2.45) is 5.41 Å². The summed E-state index contributed by atoms with van der Waals surface area (Å²) in [4.78, 5) is 5.15. The van der Waals surface area contributed by atoms with Gasteiger partial charge in [0.15, 0.2) is 0 Å². The minimum absolute atomic E-state index is 0.321. The number of hydrogen-bond donors (Lipinski definition) is 1. The van der Waals surface area contributed by atoms with Crippen LogP contribution in [0.5, 0.6) is 5.75 Å². The molecule has 0 radical (unpaired) electrons. The molecule has 2 aromatic rings. The highest BCUT2D eigenvalue weighted by Crippen LogP contribution is 2.49. The monoisotopic (exact) mass is 442 g/mol. The van der Waals surface area contributed by atoms with Gasteiger partial charge in [0.2, 0.25) is 5.13 Å². The van der Waals surface area contributed by atoms with Crippen molar-refractivity contribution in [1.82, 2.24) is 15.1 Å². The second-order valence-electron chi connectivity index (χ2n) is 10.4. The molecule has 3 fully saturated rings. The van der Waals surface area contributed by atoms with Crippen LogP contribution in [0.1, 0.15) is 57.4 Å². The third-order valence-corrected chi connectivity index (χ3v) is 8.08. The SMILES string of the molecule is CC(C)(O)COc1ccccc1C1CCN(C2CCC3(C2)CN(c2nncs2)C3)CC1. The number of rotatable bonds is 6. The minimum Gasteiger partial charge on any atom is -0.490 e. The van der Waals surface area contributed by atoms with Gasteiger partial charge in [0, 0.05) is 24.5 Å². The molecule has 1 aliphatic carbocycles. The second kappa shape index (κ2) is 8.34. The summed E-state index contributed by atoms with van der Waals surface area (Å²) >= 11 is 1.65. The highest BCUT2D eigenvalue weighted by Gasteiger charge is 2.50. The van der Waals surface area contributed by atoms with Crippen LogP contribution in [0.3, 0.4) is 0 Å². The number of aromatic nitrogens is 2. The van der Waals surface area contributed by atoms with Gasteiger partial charge in [0.05, 0.1) is 5.60 Å². The summed E-state index contributed by atoms with van der Waals surface area (Å²) in [6.45, 7) is 8.55. The molecule has 31 heavy (non-hydrogen) atoms. The van der Waals surface area contributed by atoms with Crippen LogP contribution < -0.4 is 9.64 Å². The van der Waals surface area contributed by atoms with E-state index in [1.807, 2.05) is 11.6 Å². The number of aliphatic hydroxyl groups is 1. The highest BCUT2D eigenvalue weighted by molar-refractivity contribution is 7.13. The Balaban J connectivity index is 1.14. The van der Waals surface area contributed by atoms with Crippen LogP contribution >= 0.6 is 11.3 Å². The van der Waals surface area contributed by atoms with E-state index in [4.69, 9.17) is 4.74 Å². The first kappa shape index (κ1) is 21.2. The van der Waals surface area contributed by atoms with Gasteiger partial charge in [-0.25, -0.2) is 0 Å². The third kappa shape index (κ3) is 4.59. The zero-order valence-corrected chi connectivity index (χ0v) is 19.5.